The van der Waals surface area contributed by atoms with Gasteiger partial charge < -0.3 is 57.6 Å². The molecule has 0 aromatic rings. The predicted molar refractivity (Wildman–Crippen MR) is 238 cm³/mol. The molecule has 8 aliphatic rings. The third-order valence-corrected chi connectivity index (χ3v) is 16.0. The molecule has 0 aromatic heterocycles. The zero-order valence-electron chi connectivity index (χ0n) is 39.7. The second-order valence-electron chi connectivity index (χ2n) is 20.5. The molecular weight excluding hydrogens is 839 g/mol. The molecule has 4 unspecified atom stereocenters. The van der Waals surface area contributed by atoms with Crippen LogP contribution in [0.5, 0.6) is 0 Å². The number of carbonyl (C=O) groups excluding carboxylic acids is 1. The summed E-state index contributed by atoms with van der Waals surface area (Å²) >= 11 is 0. The number of nitroso groups, excluding NO2 is 1. The zero-order chi connectivity index (χ0) is 46.2. The topological polar surface area (TPSA) is 179 Å². The van der Waals surface area contributed by atoms with Gasteiger partial charge in [-0.2, -0.15) is 4.91 Å². The Morgan fingerprint density at radius 2 is 1.58 bits per heavy atom. The first-order valence-electron chi connectivity index (χ1n) is 24.5. The molecule has 1 saturated carbocycles. The number of carbonyl (C=O) groups is 1. The fourth-order valence-electron chi connectivity index (χ4n) is 12.2. The van der Waals surface area contributed by atoms with Gasteiger partial charge >= 0.3 is 5.97 Å². The van der Waals surface area contributed by atoms with Crippen molar-refractivity contribution < 1.29 is 62.4 Å². The number of rotatable bonds is 8. The first-order valence-corrected chi connectivity index (χ1v) is 24.5. The number of aliphatic hydroxyl groups excluding tert-OH is 1. The highest BCUT2D eigenvalue weighted by Crippen LogP contribution is 2.49. The minimum absolute atomic E-state index is 0.0136. The molecule has 2 N–H and O–H groups in total. The van der Waals surface area contributed by atoms with Gasteiger partial charge in [0, 0.05) is 52.2 Å². The Kier molecular flexibility index (Phi) is 15.6. The molecule has 15 nitrogen and oxygen atoms in total. The molecule has 364 valence electrons. The number of fused-ring (bicyclic) bond motifs is 2. The van der Waals surface area contributed by atoms with Crippen molar-refractivity contribution >= 4 is 5.97 Å². The first-order chi connectivity index (χ1) is 31.2. The lowest BCUT2D eigenvalue weighted by molar-refractivity contribution is -0.342. The monoisotopic (exact) mass is 914 g/mol. The minimum Gasteiger partial charge on any atom is -0.462 e. The normalized spacial score (nSPS) is 46.7. The molecule has 6 fully saturated rings. The van der Waals surface area contributed by atoms with Crippen molar-refractivity contribution in [3.05, 3.63) is 52.0 Å². The van der Waals surface area contributed by atoms with Crippen molar-refractivity contribution in [2.24, 2.45) is 28.8 Å². The van der Waals surface area contributed by atoms with Crippen molar-refractivity contribution in [3.63, 3.8) is 0 Å². The Balaban J connectivity index is 1.08. The van der Waals surface area contributed by atoms with Crippen LogP contribution in [0, 0.1) is 28.6 Å². The summed E-state index contributed by atoms with van der Waals surface area (Å²) < 4.78 is 64.4. The van der Waals surface area contributed by atoms with Gasteiger partial charge in [-0.05, 0) is 81.9 Å². The molecule has 6 heterocycles. The number of nitrogens with zero attached hydrogens (tertiary/aromatic N) is 1. The zero-order valence-corrected chi connectivity index (χ0v) is 39.7. The lowest BCUT2D eigenvalue weighted by Crippen LogP contribution is -2.58. The molecule has 0 radical (unpaired) electrons. The Hall–Kier alpha value is -2.41. The van der Waals surface area contributed by atoms with E-state index in [2.05, 4.69) is 32.0 Å². The molecule has 19 atom stereocenters. The van der Waals surface area contributed by atoms with Gasteiger partial charge in [-0.1, -0.05) is 68.7 Å². The maximum Gasteiger partial charge on any atom is 0.316 e. The van der Waals surface area contributed by atoms with Gasteiger partial charge in [0.25, 0.3) is 0 Å². The van der Waals surface area contributed by atoms with Crippen LogP contribution in [-0.2, 0) is 52.2 Å². The van der Waals surface area contributed by atoms with E-state index in [1.165, 1.54) is 19.3 Å². The third-order valence-electron chi connectivity index (χ3n) is 16.0. The Bertz CT molecular complexity index is 1800. The van der Waals surface area contributed by atoms with Gasteiger partial charge in [0.05, 0.1) is 49.3 Å². The van der Waals surface area contributed by atoms with Crippen LogP contribution in [0.3, 0.4) is 0 Å². The standard InChI is InChI=1S/C50H75NO14/c1-27-13-12-16-34-26-58-47-42(51-55)30(4)21-37(50(34,47)54)48(53)61-36-22-35(64-49(25-36)20-19-29(3)45(65-49)33-14-10-9-11-15-33)18-17-28(2)44(27)62-41-24-39(57-8)46(32(6)60-41)63-40-23-38(56-7)43(52)31(5)59-40/h12-13,16-17,21,27,29,31-33,35-47,52,54H,9-11,14-15,18-20,22-26H2,1-8H3/t27-,29-,31?,32?,35+,36-,37-,38+,39+,40-,41-,42?,43-,44-,45-,46-,47+,49?,50+/m0/s1. The van der Waals surface area contributed by atoms with E-state index in [-0.39, 0.29) is 30.8 Å². The van der Waals surface area contributed by atoms with E-state index in [4.69, 9.17) is 47.4 Å². The lowest BCUT2D eigenvalue weighted by Gasteiger charge is -2.51. The van der Waals surface area contributed by atoms with Crippen LogP contribution in [0.25, 0.3) is 0 Å². The van der Waals surface area contributed by atoms with Gasteiger partial charge in [-0.25, -0.2) is 0 Å². The maximum absolute atomic E-state index is 14.5. The average Bonchev–Trinajstić information content (AvgIpc) is 3.62. The highest BCUT2D eigenvalue weighted by Gasteiger charge is 2.61. The summed E-state index contributed by atoms with van der Waals surface area (Å²) in [5.41, 5.74) is 0.138. The smallest absolute Gasteiger partial charge is 0.316 e. The summed E-state index contributed by atoms with van der Waals surface area (Å²) in [6.45, 7) is 11.9. The fourth-order valence-corrected chi connectivity index (χ4v) is 12.2. The number of ether oxygens (including phenoxy) is 10. The maximum atomic E-state index is 14.5. The molecule has 2 aliphatic carbocycles. The van der Waals surface area contributed by atoms with E-state index in [1.807, 2.05) is 19.1 Å². The van der Waals surface area contributed by atoms with Crippen LogP contribution in [-0.4, -0.2) is 134 Å². The van der Waals surface area contributed by atoms with Crippen LogP contribution in [0.1, 0.15) is 119 Å². The summed E-state index contributed by atoms with van der Waals surface area (Å²) in [4.78, 5) is 26.8. The summed E-state index contributed by atoms with van der Waals surface area (Å²) in [5.74, 6) is -1.98. The molecule has 8 rings (SSSR count). The van der Waals surface area contributed by atoms with Gasteiger partial charge in [0.2, 0.25) is 0 Å². The number of aliphatic hydroxyl groups is 2. The highest BCUT2D eigenvalue weighted by molar-refractivity contribution is 5.78. The van der Waals surface area contributed by atoms with Gasteiger partial charge in [-0.15, -0.1) is 0 Å². The van der Waals surface area contributed by atoms with Crippen LogP contribution >= 0.6 is 0 Å². The van der Waals surface area contributed by atoms with Crippen molar-refractivity contribution in [2.45, 2.75) is 216 Å². The molecule has 0 amide bonds. The second kappa shape index (κ2) is 20.7. The van der Waals surface area contributed by atoms with E-state index in [0.717, 1.165) is 24.8 Å². The van der Waals surface area contributed by atoms with Crippen molar-refractivity contribution in [1.82, 2.24) is 0 Å². The summed E-state index contributed by atoms with van der Waals surface area (Å²) in [6, 6.07) is -0.966. The highest BCUT2D eigenvalue weighted by atomic mass is 16.7. The van der Waals surface area contributed by atoms with Crippen molar-refractivity contribution in [2.75, 3.05) is 20.8 Å². The Labute approximate surface area is 384 Å². The summed E-state index contributed by atoms with van der Waals surface area (Å²) in [5, 5.41) is 26.6. The second-order valence-corrected chi connectivity index (χ2v) is 20.5. The van der Waals surface area contributed by atoms with E-state index in [0.29, 0.717) is 61.5 Å². The third kappa shape index (κ3) is 10.2. The molecular formula is C50H75NO14. The van der Waals surface area contributed by atoms with Crippen LogP contribution < -0.4 is 0 Å². The molecule has 65 heavy (non-hydrogen) atoms. The molecule has 15 heteroatoms. The van der Waals surface area contributed by atoms with Crippen LogP contribution in [0.15, 0.2) is 52.3 Å². The molecule has 0 aromatic carbocycles. The lowest BCUT2D eigenvalue weighted by atomic mass is 9.70. The number of esters is 1. The minimum atomic E-state index is -1.86. The molecule has 1 spiro atoms. The van der Waals surface area contributed by atoms with E-state index < -0.39 is 90.7 Å². The van der Waals surface area contributed by atoms with E-state index in [9.17, 15) is 19.9 Å². The van der Waals surface area contributed by atoms with Crippen molar-refractivity contribution in [1.29, 1.82) is 0 Å². The largest absolute Gasteiger partial charge is 0.462 e. The van der Waals surface area contributed by atoms with Crippen LogP contribution in [0.2, 0.25) is 0 Å². The summed E-state index contributed by atoms with van der Waals surface area (Å²) in [7, 11) is 3.23. The van der Waals surface area contributed by atoms with E-state index >= 15 is 0 Å². The van der Waals surface area contributed by atoms with Crippen LogP contribution in [0.4, 0.5) is 0 Å². The first kappa shape index (κ1) is 49.0. The predicted octanol–water partition coefficient (Wildman–Crippen LogP) is 6.91. The van der Waals surface area contributed by atoms with Gasteiger partial charge in [0.1, 0.15) is 42.0 Å². The van der Waals surface area contributed by atoms with E-state index in [1.54, 1.807) is 40.2 Å². The quantitative estimate of drug-likeness (QED) is 0.146. The molecule has 2 bridgehead atoms. The number of hydrogen-bond acceptors (Lipinski definition) is 15. The molecule has 5 saturated heterocycles. The SMILES string of the molecule is CO[C@@H]1C[C@H](O[C@H]2C(C)O[C@@H](O[C@@H]3C(C)=CC[C@@H]4C[C@@H](CC5(CC[C@H](C)[C@@H](C6CCCCC6)O5)O4)OC(=O)[C@@H]4C=C(C)C(N=O)[C@H]5OCC(=CC=C[C@@H]3C)[C@]54O)C[C@H]2OC)OC(C)[C@@H]1O. The average molecular weight is 914 g/mol. The Morgan fingerprint density at radius 3 is 2.32 bits per heavy atom. The Morgan fingerprint density at radius 1 is 0.862 bits per heavy atom. The fraction of sp³-hybridized carbons (Fsp3) is 0.820. The number of methoxy groups -OCH3 is 2. The number of hydrogen-bond donors (Lipinski definition) is 2. The number of allylic oxidation sites excluding steroid dienone is 2. The summed E-state index contributed by atoms with van der Waals surface area (Å²) in [6.07, 6.45) is 12.6. The van der Waals surface area contributed by atoms with Crippen molar-refractivity contribution in [3.8, 4) is 0 Å². The molecule has 6 aliphatic heterocycles. The van der Waals surface area contributed by atoms with Gasteiger partial charge in [0.15, 0.2) is 18.4 Å². The van der Waals surface area contributed by atoms with Gasteiger partial charge in [-0.3, -0.25) is 4.79 Å².